The molecule has 0 atom stereocenters. The third-order valence-electron chi connectivity index (χ3n) is 3.99. The van der Waals surface area contributed by atoms with Crippen molar-refractivity contribution in [1.29, 1.82) is 0 Å². The molecule has 4 rings (SSSR count). The Morgan fingerprint density at radius 2 is 2.04 bits per heavy atom. The number of phenols is 1. The minimum atomic E-state index is -0.340. The molecule has 0 aliphatic heterocycles. The van der Waals surface area contributed by atoms with Gasteiger partial charge in [-0.2, -0.15) is 5.10 Å². The van der Waals surface area contributed by atoms with E-state index >= 15 is 0 Å². The van der Waals surface area contributed by atoms with Crippen LogP contribution in [0, 0.1) is 0 Å². The molecule has 0 bridgehead atoms. The van der Waals surface area contributed by atoms with Crippen LogP contribution in [-0.2, 0) is 0 Å². The zero-order valence-electron chi connectivity index (χ0n) is 13.1. The van der Waals surface area contributed by atoms with Gasteiger partial charge in [0.05, 0.1) is 23.6 Å². The molecule has 0 aliphatic carbocycles. The zero-order chi connectivity index (χ0) is 17.2. The summed E-state index contributed by atoms with van der Waals surface area (Å²) >= 11 is 0. The second-order valence-electron chi connectivity index (χ2n) is 5.55. The Labute approximate surface area is 142 Å². The van der Waals surface area contributed by atoms with Gasteiger partial charge in [0.25, 0.3) is 5.91 Å². The quantitative estimate of drug-likeness (QED) is 0.398. The number of benzene rings is 3. The Hall–Kier alpha value is -3.67. The molecule has 6 nitrogen and oxygen atoms in total. The number of hydrazone groups is 1. The Kier molecular flexibility index (Phi) is 3.63. The number of amides is 1. The van der Waals surface area contributed by atoms with Crippen LogP contribution >= 0.6 is 0 Å². The fraction of sp³-hybridized carbons (Fsp3) is 0. The summed E-state index contributed by atoms with van der Waals surface area (Å²) in [4.78, 5) is 19.3. The van der Waals surface area contributed by atoms with E-state index in [0.29, 0.717) is 11.1 Å². The van der Waals surface area contributed by atoms with E-state index in [1.165, 1.54) is 6.21 Å². The first kappa shape index (κ1) is 14.9. The van der Waals surface area contributed by atoms with Gasteiger partial charge in [0.15, 0.2) is 0 Å². The predicted molar refractivity (Wildman–Crippen MR) is 96.8 cm³/mol. The van der Waals surface area contributed by atoms with Crippen LogP contribution in [0.15, 0.2) is 66.0 Å². The van der Waals surface area contributed by atoms with Crippen molar-refractivity contribution < 1.29 is 9.90 Å². The third-order valence-corrected chi connectivity index (χ3v) is 3.99. The Bertz CT molecular complexity index is 1110. The summed E-state index contributed by atoms with van der Waals surface area (Å²) in [5, 5.41) is 15.9. The Balaban J connectivity index is 1.58. The largest absolute Gasteiger partial charge is 0.507 e. The number of H-pyrrole nitrogens is 1. The molecule has 0 radical (unpaired) electrons. The van der Waals surface area contributed by atoms with Gasteiger partial charge in [-0.1, -0.05) is 30.3 Å². The summed E-state index contributed by atoms with van der Waals surface area (Å²) in [6, 6.07) is 16.3. The average molecular weight is 330 g/mol. The van der Waals surface area contributed by atoms with Gasteiger partial charge < -0.3 is 10.1 Å². The SMILES string of the molecule is O=C(N/N=C/c1c(O)ccc2ccccc12)c1ccc2nc[nH]c2c1. The lowest BCUT2D eigenvalue weighted by atomic mass is 10.0. The molecule has 1 heterocycles. The van der Waals surface area contributed by atoms with Crippen LogP contribution in [0.4, 0.5) is 0 Å². The maximum atomic E-state index is 12.2. The second-order valence-corrected chi connectivity index (χ2v) is 5.55. The number of carbonyl (C=O) groups is 1. The molecule has 0 fully saturated rings. The Morgan fingerprint density at radius 3 is 2.96 bits per heavy atom. The van der Waals surface area contributed by atoms with Crippen molar-refractivity contribution in [1.82, 2.24) is 15.4 Å². The molecule has 0 aliphatic rings. The average Bonchev–Trinajstić information content (AvgIpc) is 3.11. The lowest BCUT2D eigenvalue weighted by molar-refractivity contribution is 0.0955. The maximum absolute atomic E-state index is 12.2. The van der Waals surface area contributed by atoms with E-state index in [-0.39, 0.29) is 11.7 Å². The second kappa shape index (κ2) is 6.09. The number of rotatable bonds is 3. The standard InChI is InChI=1S/C19H14N4O2/c24-18-8-6-12-3-1-2-4-14(12)15(18)10-22-23-19(25)13-5-7-16-17(9-13)21-11-20-16/h1-11,24H,(H,20,21)(H,23,25)/b22-10+. The fourth-order valence-corrected chi connectivity index (χ4v) is 2.72. The third kappa shape index (κ3) is 2.81. The molecular formula is C19H14N4O2. The van der Waals surface area contributed by atoms with E-state index in [4.69, 9.17) is 0 Å². The van der Waals surface area contributed by atoms with Crippen molar-refractivity contribution in [3.8, 4) is 5.75 Å². The molecule has 1 amide bonds. The topological polar surface area (TPSA) is 90.4 Å². The van der Waals surface area contributed by atoms with Crippen LogP contribution in [0.3, 0.4) is 0 Å². The van der Waals surface area contributed by atoms with Gasteiger partial charge in [-0.15, -0.1) is 0 Å². The summed E-state index contributed by atoms with van der Waals surface area (Å²) in [6.07, 6.45) is 3.03. The normalized spacial score (nSPS) is 11.4. The molecule has 3 aromatic carbocycles. The molecule has 0 saturated carbocycles. The molecule has 4 aromatic rings. The number of fused-ring (bicyclic) bond motifs is 2. The molecule has 25 heavy (non-hydrogen) atoms. The number of aromatic amines is 1. The van der Waals surface area contributed by atoms with Gasteiger partial charge in [-0.3, -0.25) is 4.79 Å². The van der Waals surface area contributed by atoms with Gasteiger partial charge in [0.1, 0.15) is 5.75 Å². The van der Waals surface area contributed by atoms with Gasteiger partial charge in [0, 0.05) is 11.1 Å². The molecule has 0 saturated heterocycles. The smallest absolute Gasteiger partial charge is 0.271 e. The molecule has 1 aromatic heterocycles. The van der Waals surface area contributed by atoms with Crippen molar-refractivity contribution in [2.24, 2.45) is 5.10 Å². The zero-order valence-corrected chi connectivity index (χ0v) is 13.1. The molecule has 122 valence electrons. The predicted octanol–water partition coefficient (Wildman–Crippen LogP) is 3.19. The van der Waals surface area contributed by atoms with Crippen molar-refractivity contribution >= 4 is 33.9 Å². The molecular weight excluding hydrogens is 316 g/mol. The van der Waals surface area contributed by atoms with E-state index in [2.05, 4.69) is 20.5 Å². The lowest BCUT2D eigenvalue weighted by Crippen LogP contribution is -2.17. The molecule has 6 heteroatoms. The van der Waals surface area contributed by atoms with Crippen LogP contribution in [0.2, 0.25) is 0 Å². The van der Waals surface area contributed by atoms with Crippen molar-refractivity contribution in [3.05, 3.63) is 72.1 Å². The van der Waals surface area contributed by atoms with Gasteiger partial charge in [0.2, 0.25) is 0 Å². The number of hydrogen-bond donors (Lipinski definition) is 3. The summed E-state index contributed by atoms with van der Waals surface area (Å²) in [5.74, 6) is -0.233. The van der Waals surface area contributed by atoms with Crippen LogP contribution in [0.1, 0.15) is 15.9 Å². The fourth-order valence-electron chi connectivity index (χ4n) is 2.72. The highest BCUT2D eigenvalue weighted by Crippen LogP contribution is 2.25. The highest BCUT2D eigenvalue weighted by molar-refractivity contribution is 6.03. The number of nitrogens with zero attached hydrogens (tertiary/aromatic N) is 2. The first-order chi connectivity index (χ1) is 12.2. The van der Waals surface area contributed by atoms with Crippen LogP contribution in [0.5, 0.6) is 5.75 Å². The van der Waals surface area contributed by atoms with Crippen LogP contribution in [0.25, 0.3) is 21.8 Å². The van der Waals surface area contributed by atoms with Gasteiger partial charge >= 0.3 is 0 Å². The van der Waals surface area contributed by atoms with E-state index in [9.17, 15) is 9.90 Å². The summed E-state index contributed by atoms with van der Waals surface area (Å²) in [6.45, 7) is 0. The number of imidazole rings is 1. The van der Waals surface area contributed by atoms with Crippen LogP contribution < -0.4 is 5.43 Å². The first-order valence-corrected chi connectivity index (χ1v) is 7.69. The molecule has 0 unspecified atom stereocenters. The minimum absolute atomic E-state index is 0.107. The monoisotopic (exact) mass is 330 g/mol. The number of carbonyl (C=O) groups excluding carboxylic acids is 1. The number of nitrogens with one attached hydrogen (secondary N) is 2. The maximum Gasteiger partial charge on any atom is 0.271 e. The minimum Gasteiger partial charge on any atom is -0.507 e. The van der Waals surface area contributed by atoms with E-state index in [1.54, 1.807) is 30.6 Å². The number of aromatic hydroxyl groups is 1. The summed E-state index contributed by atoms with van der Waals surface area (Å²) in [5.41, 5.74) is 5.08. The Morgan fingerprint density at radius 1 is 1.16 bits per heavy atom. The number of aromatic nitrogens is 2. The van der Waals surface area contributed by atoms with Gasteiger partial charge in [-0.05, 0) is 35.0 Å². The number of hydrogen-bond acceptors (Lipinski definition) is 4. The lowest BCUT2D eigenvalue weighted by Gasteiger charge is -2.05. The molecule has 0 spiro atoms. The first-order valence-electron chi connectivity index (χ1n) is 7.69. The summed E-state index contributed by atoms with van der Waals surface area (Å²) < 4.78 is 0. The van der Waals surface area contributed by atoms with E-state index in [1.807, 2.05) is 30.3 Å². The van der Waals surface area contributed by atoms with Crippen molar-refractivity contribution in [2.75, 3.05) is 0 Å². The number of phenolic OH excluding ortho intramolecular Hbond substituents is 1. The highest BCUT2D eigenvalue weighted by atomic mass is 16.3. The van der Waals surface area contributed by atoms with Crippen molar-refractivity contribution in [2.45, 2.75) is 0 Å². The van der Waals surface area contributed by atoms with Crippen molar-refractivity contribution in [3.63, 3.8) is 0 Å². The van der Waals surface area contributed by atoms with Crippen LogP contribution in [-0.4, -0.2) is 27.2 Å². The van der Waals surface area contributed by atoms with E-state index < -0.39 is 0 Å². The van der Waals surface area contributed by atoms with Gasteiger partial charge in [-0.25, -0.2) is 10.4 Å². The molecule has 3 N–H and O–H groups in total. The summed E-state index contributed by atoms with van der Waals surface area (Å²) in [7, 11) is 0. The highest BCUT2D eigenvalue weighted by Gasteiger charge is 2.07. The van der Waals surface area contributed by atoms with E-state index in [0.717, 1.165) is 21.8 Å².